The second-order valence-electron chi connectivity index (χ2n) is 11.2. The highest BCUT2D eigenvalue weighted by Crippen LogP contribution is 2.30. The molecular weight excluding hydrogens is 444 g/mol. The number of benzene rings is 1. The summed E-state index contributed by atoms with van der Waals surface area (Å²) < 4.78 is 12.6. The highest BCUT2D eigenvalue weighted by Gasteiger charge is 2.19. The maximum absolute atomic E-state index is 6.32. The molecule has 36 heavy (non-hydrogen) atoms. The van der Waals surface area contributed by atoms with Gasteiger partial charge in [-0.25, -0.2) is 9.97 Å². The summed E-state index contributed by atoms with van der Waals surface area (Å²) in [5, 5.41) is 0. The van der Waals surface area contributed by atoms with Gasteiger partial charge in [0.2, 0.25) is 0 Å². The fourth-order valence-electron chi connectivity index (χ4n) is 4.99. The van der Waals surface area contributed by atoms with Gasteiger partial charge in [-0.2, -0.15) is 0 Å². The smallest absolute Gasteiger partial charge is 0.0925 e. The lowest BCUT2D eigenvalue weighted by atomic mass is 9.95. The summed E-state index contributed by atoms with van der Waals surface area (Å²) in [6.07, 6.45) is 13.0. The molecule has 0 saturated heterocycles. The molecule has 1 aromatic heterocycles. The lowest BCUT2D eigenvalue weighted by Gasteiger charge is -2.21. The molecule has 0 amide bonds. The molecule has 0 aliphatic heterocycles. The van der Waals surface area contributed by atoms with Crippen LogP contribution in [0.5, 0.6) is 0 Å². The number of aryl methyl sites for hydroxylation is 4. The van der Waals surface area contributed by atoms with Crippen molar-refractivity contribution in [3.05, 3.63) is 33.6 Å². The van der Waals surface area contributed by atoms with Crippen molar-refractivity contribution in [2.24, 2.45) is 11.8 Å². The topological polar surface area (TPSA) is 44.2 Å². The van der Waals surface area contributed by atoms with Crippen LogP contribution in [-0.2, 0) is 22.7 Å². The van der Waals surface area contributed by atoms with Gasteiger partial charge in [0, 0.05) is 13.2 Å². The zero-order valence-electron chi connectivity index (χ0n) is 24.8. The summed E-state index contributed by atoms with van der Waals surface area (Å²) in [5.74, 6) is 1.17. The Morgan fingerprint density at radius 1 is 0.583 bits per heavy atom. The SMILES string of the molecule is CCCCCC[C@@H](C)COCc1c(COC[C@H](C)CCCCCC)c(C)c2nc(C)c(C)nc2c1C. The van der Waals surface area contributed by atoms with E-state index in [0.29, 0.717) is 25.0 Å². The van der Waals surface area contributed by atoms with E-state index in [1.807, 2.05) is 13.8 Å². The monoisotopic (exact) mass is 498 g/mol. The number of rotatable bonds is 18. The molecule has 1 aromatic carbocycles. The van der Waals surface area contributed by atoms with Crippen LogP contribution >= 0.6 is 0 Å². The van der Waals surface area contributed by atoms with E-state index in [9.17, 15) is 0 Å². The molecule has 4 heteroatoms. The molecule has 0 fully saturated rings. The molecule has 2 rings (SSSR count). The third-order valence-electron chi connectivity index (χ3n) is 7.69. The van der Waals surface area contributed by atoms with E-state index in [0.717, 1.165) is 35.6 Å². The van der Waals surface area contributed by atoms with Gasteiger partial charge in [0.1, 0.15) is 0 Å². The summed E-state index contributed by atoms with van der Waals surface area (Å²) in [6, 6.07) is 0. The van der Waals surface area contributed by atoms with E-state index in [1.54, 1.807) is 0 Å². The third-order valence-corrected chi connectivity index (χ3v) is 7.69. The number of hydrogen-bond acceptors (Lipinski definition) is 4. The van der Waals surface area contributed by atoms with Crippen LogP contribution in [0.2, 0.25) is 0 Å². The molecule has 0 bridgehead atoms. The standard InChI is InChI=1S/C32H54N2O2/c1-9-11-13-15-17-23(3)19-35-21-29-25(5)31-32(34-28(8)27(7)33-31)26(6)30(29)22-36-20-24(4)18-16-14-12-10-2/h23-24H,9-22H2,1-8H3/t23-,24-/m1/s1. The molecule has 204 valence electrons. The summed E-state index contributed by atoms with van der Waals surface area (Å²) in [5.41, 5.74) is 8.88. The maximum Gasteiger partial charge on any atom is 0.0925 e. The van der Waals surface area contributed by atoms with Crippen molar-refractivity contribution in [2.75, 3.05) is 13.2 Å². The molecule has 0 aliphatic rings. The number of ether oxygens (including phenoxy) is 2. The van der Waals surface area contributed by atoms with Crippen molar-refractivity contribution < 1.29 is 9.47 Å². The van der Waals surface area contributed by atoms with Crippen molar-refractivity contribution in [3.63, 3.8) is 0 Å². The van der Waals surface area contributed by atoms with Crippen LogP contribution < -0.4 is 0 Å². The van der Waals surface area contributed by atoms with Crippen molar-refractivity contribution in [2.45, 2.75) is 133 Å². The molecule has 2 atom stereocenters. The van der Waals surface area contributed by atoms with Crippen molar-refractivity contribution >= 4 is 11.0 Å². The number of aromatic nitrogens is 2. The van der Waals surface area contributed by atoms with Crippen LogP contribution in [0.15, 0.2) is 0 Å². The van der Waals surface area contributed by atoms with Crippen LogP contribution in [0.4, 0.5) is 0 Å². The molecule has 0 saturated carbocycles. The van der Waals surface area contributed by atoms with Crippen LogP contribution in [0.25, 0.3) is 11.0 Å². The van der Waals surface area contributed by atoms with Gasteiger partial charge < -0.3 is 9.47 Å². The zero-order chi connectivity index (χ0) is 26.5. The van der Waals surface area contributed by atoms with Crippen molar-refractivity contribution in [1.82, 2.24) is 9.97 Å². The molecule has 0 N–H and O–H groups in total. The highest BCUT2D eigenvalue weighted by molar-refractivity contribution is 5.84. The first kappa shape index (κ1) is 30.7. The second-order valence-corrected chi connectivity index (χ2v) is 11.2. The minimum Gasteiger partial charge on any atom is -0.376 e. The average molecular weight is 499 g/mol. The normalized spacial score (nSPS) is 13.4. The Morgan fingerprint density at radius 3 is 1.33 bits per heavy atom. The Hall–Kier alpha value is -1.52. The predicted molar refractivity (Wildman–Crippen MR) is 154 cm³/mol. The number of hydrogen-bond donors (Lipinski definition) is 0. The van der Waals surface area contributed by atoms with Crippen LogP contribution in [0.1, 0.15) is 126 Å². The van der Waals surface area contributed by atoms with E-state index in [-0.39, 0.29) is 0 Å². The minimum atomic E-state index is 0.585. The summed E-state index contributed by atoms with van der Waals surface area (Å²) in [7, 11) is 0. The van der Waals surface area contributed by atoms with E-state index in [2.05, 4.69) is 41.5 Å². The van der Waals surface area contributed by atoms with E-state index < -0.39 is 0 Å². The van der Waals surface area contributed by atoms with Gasteiger partial charge in [-0.3, -0.25) is 0 Å². The quantitative estimate of drug-likeness (QED) is 0.192. The molecule has 2 aromatic rings. The Bertz CT molecular complexity index is 850. The van der Waals surface area contributed by atoms with Crippen molar-refractivity contribution in [1.29, 1.82) is 0 Å². The van der Waals surface area contributed by atoms with E-state index in [1.165, 1.54) is 86.5 Å². The molecular formula is C32H54N2O2. The van der Waals surface area contributed by atoms with Crippen molar-refractivity contribution in [3.8, 4) is 0 Å². The van der Waals surface area contributed by atoms with Gasteiger partial charge in [-0.15, -0.1) is 0 Å². The van der Waals surface area contributed by atoms with Gasteiger partial charge in [-0.1, -0.05) is 79.1 Å². The largest absolute Gasteiger partial charge is 0.376 e. The molecule has 0 radical (unpaired) electrons. The van der Waals surface area contributed by atoms with Gasteiger partial charge in [0.05, 0.1) is 35.6 Å². The van der Waals surface area contributed by atoms with Crippen LogP contribution in [-0.4, -0.2) is 23.2 Å². The van der Waals surface area contributed by atoms with Gasteiger partial charge in [-0.05, 0) is 74.6 Å². The average Bonchev–Trinajstić information content (AvgIpc) is 2.85. The van der Waals surface area contributed by atoms with Gasteiger partial charge >= 0.3 is 0 Å². The fraction of sp³-hybridized carbons (Fsp3) is 0.750. The first-order valence-corrected chi connectivity index (χ1v) is 14.7. The second kappa shape index (κ2) is 16.3. The van der Waals surface area contributed by atoms with Gasteiger partial charge in [0.15, 0.2) is 0 Å². The lowest BCUT2D eigenvalue weighted by Crippen LogP contribution is -2.13. The van der Waals surface area contributed by atoms with Crippen LogP contribution in [0, 0.1) is 39.5 Å². The number of nitrogens with zero attached hydrogens (tertiary/aromatic N) is 2. The highest BCUT2D eigenvalue weighted by atomic mass is 16.5. The Labute approximate surface area is 222 Å². The number of fused-ring (bicyclic) bond motifs is 1. The Balaban J connectivity index is 2.13. The summed E-state index contributed by atoms with van der Waals surface area (Å²) in [6.45, 7) is 20.4. The molecule has 0 aliphatic carbocycles. The maximum atomic E-state index is 6.32. The Morgan fingerprint density at radius 2 is 0.972 bits per heavy atom. The molecule has 1 heterocycles. The fourth-order valence-corrected chi connectivity index (χ4v) is 4.99. The van der Waals surface area contributed by atoms with E-state index >= 15 is 0 Å². The van der Waals surface area contributed by atoms with Crippen LogP contribution in [0.3, 0.4) is 0 Å². The number of unbranched alkanes of at least 4 members (excludes halogenated alkanes) is 6. The molecule has 4 nitrogen and oxygen atoms in total. The third kappa shape index (κ3) is 9.41. The van der Waals surface area contributed by atoms with Gasteiger partial charge in [0.25, 0.3) is 0 Å². The summed E-state index contributed by atoms with van der Waals surface area (Å²) in [4.78, 5) is 9.87. The Kier molecular flexibility index (Phi) is 13.9. The lowest BCUT2D eigenvalue weighted by molar-refractivity contribution is 0.0766. The molecule has 0 spiro atoms. The van der Waals surface area contributed by atoms with E-state index in [4.69, 9.17) is 19.4 Å². The zero-order valence-corrected chi connectivity index (χ0v) is 24.8. The first-order valence-electron chi connectivity index (χ1n) is 14.7. The first-order chi connectivity index (χ1) is 17.3. The predicted octanol–water partition coefficient (Wildman–Crippen LogP) is 9.11. The minimum absolute atomic E-state index is 0.585. The molecule has 0 unspecified atom stereocenters. The summed E-state index contributed by atoms with van der Waals surface area (Å²) >= 11 is 0.